The largest absolute Gasteiger partial charge is 0.497 e. The summed E-state index contributed by atoms with van der Waals surface area (Å²) in [5.41, 5.74) is 3.98. The van der Waals surface area contributed by atoms with Crippen molar-refractivity contribution in [3.8, 4) is 11.5 Å². The minimum absolute atomic E-state index is 0.125. The fourth-order valence-electron chi connectivity index (χ4n) is 2.46. The first-order valence-electron chi connectivity index (χ1n) is 6.46. The van der Waals surface area contributed by atoms with Gasteiger partial charge in [-0.15, -0.1) is 0 Å². The zero-order valence-corrected chi connectivity index (χ0v) is 11.1. The summed E-state index contributed by atoms with van der Waals surface area (Å²) in [4.78, 5) is 0. The first-order chi connectivity index (χ1) is 8.78. The van der Waals surface area contributed by atoms with Gasteiger partial charge in [0, 0.05) is 5.56 Å². The second-order valence-corrected chi connectivity index (χ2v) is 4.86. The van der Waals surface area contributed by atoms with Crippen molar-refractivity contribution in [2.24, 2.45) is 11.8 Å². The van der Waals surface area contributed by atoms with Gasteiger partial charge in [0.05, 0.1) is 20.3 Å². The molecule has 0 aromatic heterocycles. The second-order valence-electron chi connectivity index (χ2n) is 4.86. The number of hydrogen-bond acceptors (Lipinski definition) is 4. The molecule has 1 unspecified atom stereocenters. The molecule has 18 heavy (non-hydrogen) atoms. The Morgan fingerprint density at radius 3 is 2.61 bits per heavy atom. The van der Waals surface area contributed by atoms with Crippen LogP contribution in [0, 0.1) is 5.92 Å². The van der Waals surface area contributed by atoms with E-state index >= 15 is 0 Å². The topological polar surface area (TPSA) is 56.5 Å². The Hall–Kier alpha value is -1.26. The molecule has 1 aromatic carbocycles. The molecule has 3 N–H and O–H groups in total. The van der Waals surface area contributed by atoms with E-state index in [1.54, 1.807) is 14.2 Å². The molecular weight excluding hydrogens is 228 g/mol. The first kappa shape index (κ1) is 13.2. The standard InChI is InChI=1S/C14H22N2O2/c1-17-11-6-7-14(18-2)12(9-11)13(16-15)8-10-4-3-5-10/h6-7,9-10,13,16H,3-5,8,15H2,1-2H3. The van der Waals surface area contributed by atoms with E-state index in [1.165, 1.54) is 19.3 Å². The Bertz CT molecular complexity index is 391. The van der Waals surface area contributed by atoms with Crippen LogP contribution in [-0.2, 0) is 0 Å². The molecule has 2 rings (SSSR count). The molecular formula is C14H22N2O2. The Morgan fingerprint density at radius 2 is 2.11 bits per heavy atom. The van der Waals surface area contributed by atoms with Crippen LogP contribution in [0.4, 0.5) is 0 Å². The maximum Gasteiger partial charge on any atom is 0.123 e. The molecule has 1 aliphatic carbocycles. The third-order valence-electron chi connectivity index (χ3n) is 3.81. The van der Waals surface area contributed by atoms with Crippen LogP contribution in [0.15, 0.2) is 18.2 Å². The third kappa shape index (κ3) is 2.76. The molecule has 0 saturated heterocycles. The van der Waals surface area contributed by atoms with Crippen molar-refractivity contribution in [2.45, 2.75) is 31.7 Å². The summed E-state index contributed by atoms with van der Waals surface area (Å²) in [6.07, 6.45) is 5.02. The monoisotopic (exact) mass is 250 g/mol. The highest BCUT2D eigenvalue weighted by molar-refractivity contribution is 5.42. The zero-order chi connectivity index (χ0) is 13.0. The van der Waals surface area contributed by atoms with Gasteiger partial charge >= 0.3 is 0 Å². The predicted octanol–water partition coefficient (Wildman–Crippen LogP) is 2.40. The molecule has 1 atom stereocenters. The molecule has 1 aliphatic rings. The summed E-state index contributed by atoms with van der Waals surface area (Å²) >= 11 is 0. The van der Waals surface area contributed by atoms with E-state index in [0.29, 0.717) is 0 Å². The summed E-state index contributed by atoms with van der Waals surface area (Å²) in [6.45, 7) is 0. The van der Waals surface area contributed by atoms with E-state index in [-0.39, 0.29) is 6.04 Å². The van der Waals surface area contributed by atoms with Crippen molar-refractivity contribution in [1.82, 2.24) is 5.43 Å². The molecule has 100 valence electrons. The van der Waals surface area contributed by atoms with Gasteiger partial charge in [0.2, 0.25) is 0 Å². The molecule has 0 aliphatic heterocycles. The van der Waals surface area contributed by atoms with E-state index < -0.39 is 0 Å². The van der Waals surface area contributed by atoms with Crippen molar-refractivity contribution >= 4 is 0 Å². The summed E-state index contributed by atoms with van der Waals surface area (Å²) in [5.74, 6) is 8.17. The van der Waals surface area contributed by atoms with Gasteiger partial charge < -0.3 is 9.47 Å². The van der Waals surface area contributed by atoms with Crippen LogP contribution < -0.4 is 20.7 Å². The van der Waals surface area contributed by atoms with E-state index in [0.717, 1.165) is 29.4 Å². The maximum absolute atomic E-state index is 5.70. The maximum atomic E-state index is 5.70. The lowest BCUT2D eigenvalue weighted by Gasteiger charge is -2.30. The highest BCUT2D eigenvalue weighted by atomic mass is 16.5. The van der Waals surface area contributed by atoms with E-state index in [4.69, 9.17) is 15.3 Å². The third-order valence-corrected chi connectivity index (χ3v) is 3.81. The summed E-state index contributed by atoms with van der Waals surface area (Å²) in [6, 6.07) is 5.96. The number of rotatable bonds is 6. The van der Waals surface area contributed by atoms with Crippen LogP contribution >= 0.6 is 0 Å². The minimum Gasteiger partial charge on any atom is -0.497 e. The van der Waals surface area contributed by atoms with Crippen LogP contribution in [0.3, 0.4) is 0 Å². The fraction of sp³-hybridized carbons (Fsp3) is 0.571. The van der Waals surface area contributed by atoms with E-state index in [2.05, 4.69) is 5.43 Å². The number of nitrogens with two attached hydrogens (primary N) is 1. The number of hydrogen-bond donors (Lipinski definition) is 2. The molecule has 1 fully saturated rings. The van der Waals surface area contributed by atoms with Gasteiger partial charge in [0.1, 0.15) is 11.5 Å². The molecule has 4 nitrogen and oxygen atoms in total. The molecule has 0 heterocycles. The molecule has 1 saturated carbocycles. The lowest BCUT2D eigenvalue weighted by molar-refractivity contribution is 0.258. The van der Waals surface area contributed by atoms with Crippen molar-refractivity contribution in [3.05, 3.63) is 23.8 Å². The summed E-state index contributed by atoms with van der Waals surface area (Å²) in [5, 5.41) is 0. The first-order valence-corrected chi connectivity index (χ1v) is 6.46. The van der Waals surface area contributed by atoms with E-state index in [1.807, 2.05) is 18.2 Å². The van der Waals surface area contributed by atoms with Crippen molar-refractivity contribution in [3.63, 3.8) is 0 Å². The zero-order valence-electron chi connectivity index (χ0n) is 11.1. The van der Waals surface area contributed by atoms with Crippen molar-refractivity contribution in [1.29, 1.82) is 0 Å². The average molecular weight is 250 g/mol. The number of methoxy groups -OCH3 is 2. The molecule has 0 amide bonds. The summed E-state index contributed by atoms with van der Waals surface area (Å²) in [7, 11) is 3.35. The second kappa shape index (κ2) is 6.07. The van der Waals surface area contributed by atoms with Crippen molar-refractivity contribution in [2.75, 3.05) is 14.2 Å². The highest BCUT2D eigenvalue weighted by Crippen LogP contribution is 2.38. The van der Waals surface area contributed by atoms with Crippen LogP contribution in [-0.4, -0.2) is 14.2 Å². The van der Waals surface area contributed by atoms with Crippen molar-refractivity contribution < 1.29 is 9.47 Å². The van der Waals surface area contributed by atoms with Gasteiger partial charge in [-0.3, -0.25) is 11.3 Å². The molecule has 0 spiro atoms. The smallest absolute Gasteiger partial charge is 0.123 e. The lowest BCUT2D eigenvalue weighted by Crippen LogP contribution is -2.31. The predicted molar refractivity (Wildman–Crippen MR) is 71.6 cm³/mol. The molecule has 4 heteroatoms. The van der Waals surface area contributed by atoms with Crippen LogP contribution in [0.1, 0.15) is 37.3 Å². The molecule has 1 aromatic rings. The van der Waals surface area contributed by atoms with Crippen LogP contribution in [0.2, 0.25) is 0 Å². The normalized spacial score (nSPS) is 17.1. The van der Waals surface area contributed by atoms with Gasteiger partial charge in [-0.2, -0.15) is 0 Å². The SMILES string of the molecule is COc1ccc(OC)c(C(CC2CCC2)NN)c1. The van der Waals surface area contributed by atoms with Gasteiger partial charge in [0.15, 0.2) is 0 Å². The number of hydrazine groups is 1. The molecule has 0 bridgehead atoms. The minimum atomic E-state index is 0.125. The van der Waals surface area contributed by atoms with Gasteiger partial charge in [-0.05, 0) is 30.5 Å². The highest BCUT2D eigenvalue weighted by Gasteiger charge is 2.24. The average Bonchev–Trinajstić information content (AvgIpc) is 2.37. The van der Waals surface area contributed by atoms with Crippen LogP contribution in [0.25, 0.3) is 0 Å². The van der Waals surface area contributed by atoms with Gasteiger partial charge in [-0.1, -0.05) is 19.3 Å². The Labute approximate surface area is 108 Å². The number of ether oxygens (including phenoxy) is 2. The molecule has 0 radical (unpaired) electrons. The number of benzene rings is 1. The van der Waals surface area contributed by atoms with Gasteiger partial charge in [-0.25, -0.2) is 0 Å². The Kier molecular flexibility index (Phi) is 4.44. The Balaban J connectivity index is 2.20. The number of nitrogens with one attached hydrogen (secondary N) is 1. The van der Waals surface area contributed by atoms with Crippen LogP contribution in [0.5, 0.6) is 11.5 Å². The summed E-state index contributed by atoms with van der Waals surface area (Å²) < 4.78 is 10.7. The van der Waals surface area contributed by atoms with Gasteiger partial charge in [0.25, 0.3) is 0 Å². The van der Waals surface area contributed by atoms with E-state index in [9.17, 15) is 0 Å². The fourth-order valence-corrected chi connectivity index (χ4v) is 2.46. The quantitative estimate of drug-likeness (QED) is 0.601. The lowest BCUT2D eigenvalue weighted by atomic mass is 9.79. The Morgan fingerprint density at radius 1 is 1.33 bits per heavy atom.